The Morgan fingerprint density at radius 2 is 1.42 bits per heavy atom. The molecule has 1 N–H and O–H groups in total. The minimum Gasteiger partial charge on any atom is -0.480 e. The maximum Gasteiger partial charge on any atom is 0.410 e. The van der Waals surface area contributed by atoms with Gasteiger partial charge in [0, 0.05) is 6.54 Å². The van der Waals surface area contributed by atoms with Crippen LogP contribution in [0.25, 0.3) is 0 Å². The van der Waals surface area contributed by atoms with Crippen LogP contribution in [0.2, 0.25) is 0 Å². The van der Waals surface area contributed by atoms with E-state index in [1.165, 1.54) is 75.7 Å². The number of unbranched alkanes of at least 4 members (excludes halogenated alkanes) is 11. The van der Waals surface area contributed by atoms with Gasteiger partial charge in [-0.15, -0.1) is 0 Å². The molecule has 0 bridgehead atoms. The highest BCUT2D eigenvalue weighted by atomic mass is 16.6. The number of carboxylic acids is 1. The lowest BCUT2D eigenvalue weighted by Crippen LogP contribution is -2.44. The summed E-state index contributed by atoms with van der Waals surface area (Å²) in [6, 6.07) is -0.875. The molecule has 152 valence electrons. The number of amides is 1. The van der Waals surface area contributed by atoms with Crippen molar-refractivity contribution in [1.82, 2.24) is 4.90 Å². The molecular formula is C21H39NO4. The van der Waals surface area contributed by atoms with Crippen LogP contribution in [0.5, 0.6) is 0 Å². The minimum atomic E-state index is -1.01. The molecule has 5 heteroatoms. The smallest absolute Gasteiger partial charge is 0.410 e. The highest BCUT2D eigenvalue weighted by Gasteiger charge is 2.25. The van der Waals surface area contributed by atoms with Crippen molar-refractivity contribution >= 4 is 12.1 Å². The van der Waals surface area contributed by atoms with Crippen LogP contribution in [0.3, 0.4) is 0 Å². The van der Waals surface area contributed by atoms with E-state index in [4.69, 9.17) is 9.84 Å². The van der Waals surface area contributed by atoms with Crippen molar-refractivity contribution in [2.45, 2.75) is 96.9 Å². The quantitative estimate of drug-likeness (QED) is 0.260. The first kappa shape index (κ1) is 24.5. The highest BCUT2D eigenvalue weighted by molar-refractivity contribution is 5.79. The zero-order chi connectivity index (χ0) is 19.6. The molecule has 0 aliphatic heterocycles. The number of carboxylic acid groups (broad SMARTS) is 1. The molecule has 1 atom stereocenters. The lowest BCUT2D eigenvalue weighted by atomic mass is 10.1. The molecule has 0 unspecified atom stereocenters. The minimum absolute atomic E-state index is 0.0973. The van der Waals surface area contributed by atoms with Crippen molar-refractivity contribution in [3.8, 4) is 0 Å². The van der Waals surface area contributed by atoms with Crippen LogP contribution in [0.4, 0.5) is 4.79 Å². The van der Waals surface area contributed by atoms with E-state index in [-0.39, 0.29) is 6.61 Å². The number of ether oxygens (including phenoxy) is 1. The Balaban J connectivity index is 3.80. The Hall–Kier alpha value is -1.52. The molecule has 0 saturated heterocycles. The SMILES string of the molecule is C=CCOC(=O)N(CCCCCCCCCCCCCC)[C@@H](C)C(=O)O. The first-order valence-corrected chi connectivity index (χ1v) is 10.3. The largest absolute Gasteiger partial charge is 0.480 e. The van der Waals surface area contributed by atoms with E-state index in [1.54, 1.807) is 0 Å². The van der Waals surface area contributed by atoms with Gasteiger partial charge in [0.05, 0.1) is 0 Å². The predicted molar refractivity (Wildman–Crippen MR) is 106 cm³/mol. The van der Waals surface area contributed by atoms with Crippen molar-refractivity contribution in [3.63, 3.8) is 0 Å². The number of rotatable bonds is 17. The van der Waals surface area contributed by atoms with Crippen LogP contribution >= 0.6 is 0 Å². The summed E-state index contributed by atoms with van der Waals surface area (Å²) in [5, 5.41) is 9.15. The van der Waals surface area contributed by atoms with Gasteiger partial charge in [-0.2, -0.15) is 0 Å². The fourth-order valence-corrected chi connectivity index (χ4v) is 2.91. The van der Waals surface area contributed by atoms with Crippen molar-refractivity contribution in [2.24, 2.45) is 0 Å². The average Bonchev–Trinajstić information content (AvgIpc) is 2.63. The summed E-state index contributed by atoms with van der Waals surface area (Å²) in [7, 11) is 0. The normalized spacial score (nSPS) is 11.8. The van der Waals surface area contributed by atoms with Crippen LogP contribution in [0, 0.1) is 0 Å². The molecular weight excluding hydrogens is 330 g/mol. The Bertz CT molecular complexity index is 384. The number of carbonyl (C=O) groups is 2. The maximum atomic E-state index is 12.0. The Morgan fingerprint density at radius 1 is 0.962 bits per heavy atom. The van der Waals surface area contributed by atoms with Crippen LogP contribution in [-0.4, -0.2) is 41.3 Å². The second-order valence-corrected chi connectivity index (χ2v) is 6.96. The number of nitrogens with zero attached hydrogens (tertiary/aromatic N) is 1. The summed E-state index contributed by atoms with van der Waals surface area (Å²) in [5.74, 6) is -1.01. The van der Waals surface area contributed by atoms with Gasteiger partial charge in [0.1, 0.15) is 12.6 Å². The monoisotopic (exact) mass is 369 g/mol. The zero-order valence-electron chi connectivity index (χ0n) is 16.9. The Morgan fingerprint density at radius 3 is 1.85 bits per heavy atom. The summed E-state index contributed by atoms with van der Waals surface area (Å²) in [6.45, 7) is 7.76. The summed E-state index contributed by atoms with van der Waals surface area (Å²) < 4.78 is 4.99. The lowest BCUT2D eigenvalue weighted by molar-refractivity contribution is -0.142. The molecule has 0 rings (SSSR count). The molecule has 0 heterocycles. The number of hydrogen-bond donors (Lipinski definition) is 1. The van der Waals surface area contributed by atoms with Gasteiger partial charge in [-0.25, -0.2) is 9.59 Å². The summed E-state index contributed by atoms with van der Waals surface area (Å²) in [4.78, 5) is 24.4. The topological polar surface area (TPSA) is 66.8 Å². The average molecular weight is 370 g/mol. The van der Waals surface area contributed by atoms with Crippen LogP contribution in [-0.2, 0) is 9.53 Å². The molecule has 0 aromatic carbocycles. The van der Waals surface area contributed by atoms with Gasteiger partial charge in [-0.3, -0.25) is 4.90 Å². The van der Waals surface area contributed by atoms with Crippen LogP contribution in [0.15, 0.2) is 12.7 Å². The first-order valence-electron chi connectivity index (χ1n) is 10.3. The molecule has 26 heavy (non-hydrogen) atoms. The summed E-state index contributed by atoms with van der Waals surface area (Å²) in [6.07, 6.45) is 15.7. The van der Waals surface area contributed by atoms with E-state index in [0.29, 0.717) is 6.54 Å². The van der Waals surface area contributed by atoms with Crippen molar-refractivity contribution in [1.29, 1.82) is 0 Å². The number of carbonyl (C=O) groups excluding carboxylic acids is 1. The molecule has 0 aliphatic rings. The molecule has 1 amide bonds. The second kappa shape index (κ2) is 16.9. The van der Waals surface area contributed by atoms with Crippen molar-refractivity contribution in [2.75, 3.05) is 13.2 Å². The summed E-state index contributed by atoms with van der Waals surface area (Å²) >= 11 is 0. The molecule has 0 fully saturated rings. The molecule has 0 radical (unpaired) electrons. The fraction of sp³-hybridized carbons (Fsp3) is 0.810. The second-order valence-electron chi connectivity index (χ2n) is 6.96. The van der Waals surface area contributed by atoms with Gasteiger partial charge in [-0.05, 0) is 13.3 Å². The number of hydrogen-bond acceptors (Lipinski definition) is 3. The van der Waals surface area contributed by atoms with E-state index < -0.39 is 18.1 Å². The van der Waals surface area contributed by atoms with E-state index in [9.17, 15) is 9.59 Å². The highest BCUT2D eigenvalue weighted by Crippen LogP contribution is 2.13. The van der Waals surface area contributed by atoms with Gasteiger partial charge in [0.2, 0.25) is 0 Å². The standard InChI is InChI=1S/C21H39NO4/c1-4-6-7-8-9-10-11-12-13-14-15-16-17-22(19(3)20(23)24)21(25)26-18-5-2/h5,19H,2,4,6-18H2,1,3H3,(H,23,24)/t19-/m0/s1. The van der Waals surface area contributed by atoms with Crippen molar-refractivity contribution < 1.29 is 19.4 Å². The van der Waals surface area contributed by atoms with Crippen LogP contribution in [0.1, 0.15) is 90.9 Å². The zero-order valence-corrected chi connectivity index (χ0v) is 16.9. The fourth-order valence-electron chi connectivity index (χ4n) is 2.91. The molecule has 0 aliphatic carbocycles. The third-order valence-electron chi connectivity index (χ3n) is 4.64. The van der Waals surface area contributed by atoms with E-state index >= 15 is 0 Å². The Kier molecular flexibility index (Phi) is 15.9. The van der Waals surface area contributed by atoms with E-state index in [2.05, 4.69) is 13.5 Å². The van der Waals surface area contributed by atoms with Gasteiger partial charge < -0.3 is 9.84 Å². The van der Waals surface area contributed by atoms with E-state index in [0.717, 1.165) is 19.3 Å². The molecule has 0 aromatic heterocycles. The molecule has 0 saturated carbocycles. The number of aliphatic carboxylic acids is 1. The van der Waals surface area contributed by atoms with E-state index in [1.807, 2.05) is 0 Å². The van der Waals surface area contributed by atoms with Crippen LogP contribution < -0.4 is 0 Å². The lowest BCUT2D eigenvalue weighted by Gasteiger charge is -2.25. The molecule has 0 aromatic rings. The van der Waals surface area contributed by atoms with Gasteiger partial charge in [-0.1, -0.05) is 90.2 Å². The van der Waals surface area contributed by atoms with Gasteiger partial charge in [0.25, 0.3) is 0 Å². The maximum absolute atomic E-state index is 12.0. The third kappa shape index (κ3) is 12.8. The molecule has 5 nitrogen and oxygen atoms in total. The molecule has 0 spiro atoms. The predicted octanol–water partition coefficient (Wildman–Crippen LogP) is 5.79. The first-order chi connectivity index (χ1) is 12.5. The van der Waals surface area contributed by atoms with Gasteiger partial charge in [0.15, 0.2) is 0 Å². The van der Waals surface area contributed by atoms with Gasteiger partial charge >= 0.3 is 12.1 Å². The summed E-state index contributed by atoms with van der Waals surface area (Å²) in [5.41, 5.74) is 0. The third-order valence-corrected chi connectivity index (χ3v) is 4.64. The Labute approximate surface area is 159 Å². The van der Waals surface area contributed by atoms with Crippen molar-refractivity contribution in [3.05, 3.63) is 12.7 Å².